The molecule has 0 aliphatic rings. The van der Waals surface area contributed by atoms with E-state index in [0.717, 1.165) is 12.1 Å². The van der Waals surface area contributed by atoms with Crippen LogP contribution in [0.5, 0.6) is 0 Å². The van der Waals surface area contributed by atoms with Gasteiger partial charge in [-0.25, -0.2) is 4.39 Å². The quantitative estimate of drug-likeness (QED) is 0.837. The minimum atomic E-state index is -4.70. The summed E-state index contributed by atoms with van der Waals surface area (Å²) in [5, 5.41) is 0. The van der Waals surface area contributed by atoms with E-state index in [9.17, 15) is 17.6 Å². The summed E-state index contributed by atoms with van der Waals surface area (Å²) < 4.78 is 55.6. The highest BCUT2D eigenvalue weighted by Crippen LogP contribution is 2.33. The van der Waals surface area contributed by atoms with Crippen molar-refractivity contribution in [2.45, 2.75) is 12.7 Å². The van der Waals surface area contributed by atoms with Crippen LogP contribution in [0.25, 0.3) is 11.3 Å². The molecule has 1 aromatic heterocycles. The van der Waals surface area contributed by atoms with Gasteiger partial charge in [-0.2, -0.15) is 13.2 Å². The Morgan fingerprint density at radius 3 is 2.33 bits per heavy atom. The standard InChI is InChI=1S/C12H9F4NO/c13-10-5-7(1-3-9(10)12(14,15)16)11-4-2-8(6-17)18-11/h1-5H,6,17H2. The summed E-state index contributed by atoms with van der Waals surface area (Å²) in [6.07, 6.45) is -4.70. The van der Waals surface area contributed by atoms with Crippen molar-refractivity contribution in [1.82, 2.24) is 0 Å². The highest BCUT2D eigenvalue weighted by atomic mass is 19.4. The van der Waals surface area contributed by atoms with E-state index >= 15 is 0 Å². The molecule has 18 heavy (non-hydrogen) atoms. The fourth-order valence-corrected chi connectivity index (χ4v) is 1.54. The molecule has 2 aromatic rings. The van der Waals surface area contributed by atoms with E-state index in [2.05, 4.69) is 0 Å². The van der Waals surface area contributed by atoms with Gasteiger partial charge in [0.15, 0.2) is 0 Å². The fraction of sp³-hybridized carbons (Fsp3) is 0.167. The Bertz CT molecular complexity index is 559. The van der Waals surface area contributed by atoms with E-state index < -0.39 is 17.6 Å². The molecule has 0 atom stereocenters. The highest BCUT2D eigenvalue weighted by Gasteiger charge is 2.34. The van der Waals surface area contributed by atoms with Crippen LogP contribution in [0.3, 0.4) is 0 Å². The van der Waals surface area contributed by atoms with E-state index in [1.54, 1.807) is 6.07 Å². The second kappa shape index (κ2) is 4.45. The zero-order valence-electron chi connectivity index (χ0n) is 9.09. The Morgan fingerprint density at radius 1 is 1.11 bits per heavy atom. The molecule has 0 saturated carbocycles. The summed E-state index contributed by atoms with van der Waals surface area (Å²) in [7, 11) is 0. The van der Waals surface area contributed by atoms with Crippen molar-refractivity contribution < 1.29 is 22.0 Å². The number of benzene rings is 1. The Labute approximate surface area is 100 Å². The lowest BCUT2D eigenvalue weighted by atomic mass is 10.1. The van der Waals surface area contributed by atoms with E-state index in [0.29, 0.717) is 11.8 Å². The first kappa shape index (κ1) is 12.6. The average molecular weight is 259 g/mol. The number of halogens is 4. The summed E-state index contributed by atoms with van der Waals surface area (Å²) in [5.74, 6) is -0.570. The molecule has 0 fully saturated rings. The first-order chi connectivity index (χ1) is 8.41. The van der Waals surface area contributed by atoms with Crippen molar-refractivity contribution in [2.24, 2.45) is 5.73 Å². The van der Waals surface area contributed by atoms with Gasteiger partial charge in [0.05, 0.1) is 12.1 Å². The minimum Gasteiger partial charge on any atom is -0.460 e. The molecule has 0 aliphatic heterocycles. The van der Waals surface area contributed by atoms with Crippen LogP contribution in [-0.4, -0.2) is 0 Å². The van der Waals surface area contributed by atoms with Crippen LogP contribution >= 0.6 is 0 Å². The lowest BCUT2D eigenvalue weighted by molar-refractivity contribution is -0.139. The number of rotatable bonds is 2. The molecular formula is C12H9F4NO. The molecule has 2 N–H and O–H groups in total. The lowest BCUT2D eigenvalue weighted by Crippen LogP contribution is -2.07. The zero-order chi connectivity index (χ0) is 13.3. The maximum absolute atomic E-state index is 13.3. The zero-order valence-corrected chi connectivity index (χ0v) is 9.09. The molecule has 2 nitrogen and oxygen atoms in total. The third-order valence-electron chi connectivity index (χ3n) is 2.42. The summed E-state index contributed by atoms with van der Waals surface area (Å²) >= 11 is 0. The van der Waals surface area contributed by atoms with Crippen molar-refractivity contribution in [3.8, 4) is 11.3 Å². The molecule has 96 valence electrons. The monoisotopic (exact) mass is 259 g/mol. The largest absolute Gasteiger partial charge is 0.460 e. The molecular weight excluding hydrogens is 250 g/mol. The summed E-state index contributed by atoms with van der Waals surface area (Å²) in [6, 6.07) is 5.76. The van der Waals surface area contributed by atoms with Gasteiger partial charge in [-0.15, -0.1) is 0 Å². The van der Waals surface area contributed by atoms with Gasteiger partial charge in [-0.3, -0.25) is 0 Å². The third kappa shape index (κ3) is 2.38. The lowest BCUT2D eigenvalue weighted by Gasteiger charge is -2.08. The molecule has 0 saturated heterocycles. The molecule has 6 heteroatoms. The molecule has 0 spiro atoms. The predicted octanol–water partition coefficient (Wildman–Crippen LogP) is 3.56. The van der Waals surface area contributed by atoms with Gasteiger partial charge in [0.1, 0.15) is 17.3 Å². The summed E-state index contributed by atoms with van der Waals surface area (Å²) in [4.78, 5) is 0. The number of hydrogen-bond acceptors (Lipinski definition) is 2. The average Bonchev–Trinajstić information content (AvgIpc) is 2.75. The van der Waals surface area contributed by atoms with Gasteiger partial charge in [-0.05, 0) is 24.3 Å². The summed E-state index contributed by atoms with van der Waals surface area (Å²) in [6.45, 7) is 0.170. The predicted molar refractivity (Wildman–Crippen MR) is 57.0 cm³/mol. The van der Waals surface area contributed by atoms with Crippen LogP contribution in [0, 0.1) is 5.82 Å². The van der Waals surface area contributed by atoms with E-state index in [4.69, 9.17) is 10.2 Å². The van der Waals surface area contributed by atoms with Crippen LogP contribution in [0.15, 0.2) is 34.7 Å². The number of alkyl halides is 3. The first-order valence-electron chi connectivity index (χ1n) is 5.07. The van der Waals surface area contributed by atoms with Gasteiger partial charge in [0.2, 0.25) is 0 Å². The third-order valence-corrected chi connectivity index (χ3v) is 2.42. The molecule has 0 amide bonds. The van der Waals surface area contributed by atoms with Crippen LogP contribution in [0.1, 0.15) is 11.3 Å². The normalized spacial score (nSPS) is 11.8. The smallest absolute Gasteiger partial charge is 0.419 e. The van der Waals surface area contributed by atoms with Gasteiger partial charge >= 0.3 is 6.18 Å². The highest BCUT2D eigenvalue weighted by molar-refractivity contribution is 5.58. The Kier molecular flexibility index (Phi) is 3.13. The summed E-state index contributed by atoms with van der Waals surface area (Å²) in [5.41, 5.74) is 4.28. The first-order valence-corrected chi connectivity index (χ1v) is 5.07. The topological polar surface area (TPSA) is 39.2 Å². The molecule has 1 heterocycles. The Hall–Kier alpha value is -1.82. The number of hydrogen-bond donors (Lipinski definition) is 1. The van der Waals surface area contributed by atoms with E-state index in [1.165, 1.54) is 6.07 Å². The maximum Gasteiger partial charge on any atom is 0.419 e. The molecule has 2 rings (SSSR count). The minimum absolute atomic E-state index is 0.170. The molecule has 0 radical (unpaired) electrons. The second-order valence-corrected chi connectivity index (χ2v) is 3.66. The van der Waals surface area contributed by atoms with E-state index in [-0.39, 0.29) is 17.9 Å². The van der Waals surface area contributed by atoms with Gasteiger partial charge < -0.3 is 10.2 Å². The Morgan fingerprint density at radius 2 is 1.83 bits per heavy atom. The van der Waals surface area contributed by atoms with Gasteiger partial charge in [-0.1, -0.05) is 6.07 Å². The molecule has 0 unspecified atom stereocenters. The van der Waals surface area contributed by atoms with Crippen LogP contribution in [0.2, 0.25) is 0 Å². The van der Waals surface area contributed by atoms with E-state index in [1.807, 2.05) is 0 Å². The van der Waals surface area contributed by atoms with Gasteiger partial charge in [0.25, 0.3) is 0 Å². The van der Waals surface area contributed by atoms with Crippen molar-refractivity contribution in [1.29, 1.82) is 0 Å². The van der Waals surface area contributed by atoms with Crippen LogP contribution in [0.4, 0.5) is 17.6 Å². The maximum atomic E-state index is 13.3. The SMILES string of the molecule is NCc1ccc(-c2ccc(C(F)(F)F)c(F)c2)o1. The van der Waals surface area contributed by atoms with Crippen LogP contribution in [-0.2, 0) is 12.7 Å². The Balaban J connectivity index is 2.40. The van der Waals surface area contributed by atoms with Crippen molar-refractivity contribution >= 4 is 0 Å². The van der Waals surface area contributed by atoms with Crippen molar-refractivity contribution in [2.75, 3.05) is 0 Å². The van der Waals surface area contributed by atoms with Crippen molar-refractivity contribution in [3.63, 3.8) is 0 Å². The van der Waals surface area contributed by atoms with Gasteiger partial charge in [0, 0.05) is 5.56 Å². The molecule has 0 bridgehead atoms. The van der Waals surface area contributed by atoms with Crippen molar-refractivity contribution in [3.05, 3.63) is 47.5 Å². The van der Waals surface area contributed by atoms with Crippen LogP contribution < -0.4 is 5.73 Å². The second-order valence-electron chi connectivity index (χ2n) is 3.66. The fourth-order valence-electron chi connectivity index (χ4n) is 1.54. The molecule has 1 aromatic carbocycles. The molecule has 0 aliphatic carbocycles. The number of nitrogens with two attached hydrogens (primary N) is 1. The number of furan rings is 1.